The van der Waals surface area contributed by atoms with Crippen molar-refractivity contribution in [2.24, 2.45) is 0 Å². The highest BCUT2D eigenvalue weighted by Crippen LogP contribution is 2.11. The molecular weight excluding hydrogens is 171 g/mol. The van der Waals surface area contributed by atoms with Crippen molar-refractivity contribution in [3.8, 4) is 0 Å². The Hall–Kier alpha value is -1.19. The fourth-order valence-corrected chi connectivity index (χ4v) is 1.09. The minimum Gasteiger partial charge on any atom is -0.311 e. The first-order valence-corrected chi connectivity index (χ1v) is 4.37. The van der Waals surface area contributed by atoms with Gasteiger partial charge in [-0.3, -0.25) is 4.79 Å². The van der Waals surface area contributed by atoms with Crippen molar-refractivity contribution in [2.45, 2.75) is 32.9 Å². The van der Waals surface area contributed by atoms with Crippen molar-refractivity contribution in [1.82, 2.24) is 9.97 Å². The fraction of sp³-hybridized carbons (Fsp3) is 0.556. The van der Waals surface area contributed by atoms with E-state index < -0.39 is 6.17 Å². The molecule has 1 N–H and O–H groups in total. The van der Waals surface area contributed by atoms with Gasteiger partial charge < -0.3 is 4.98 Å². The van der Waals surface area contributed by atoms with Crippen LogP contribution < -0.4 is 5.56 Å². The summed E-state index contributed by atoms with van der Waals surface area (Å²) in [5.41, 5.74) is -0.0647. The molecule has 3 nitrogen and oxygen atoms in total. The molecule has 0 aromatic carbocycles. The van der Waals surface area contributed by atoms with Crippen molar-refractivity contribution in [3.63, 3.8) is 0 Å². The number of rotatable bonds is 3. The molecule has 72 valence electrons. The summed E-state index contributed by atoms with van der Waals surface area (Å²) in [6.07, 6.45) is 0.376. The van der Waals surface area contributed by atoms with Crippen LogP contribution >= 0.6 is 0 Å². The van der Waals surface area contributed by atoms with Crippen LogP contribution in [0.15, 0.2) is 10.9 Å². The van der Waals surface area contributed by atoms with Gasteiger partial charge in [-0.05, 0) is 13.3 Å². The second-order valence-electron chi connectivity index (χ2n) is 2.98. The summed E-state index contributed by atoms with van der Waals surface area (Å²) in [4.78, 5) is 17.6. The van der Waals surface area contributed by atoms with E-state index in [1.54, 1.807) is 0 Å². The fourth-order valence-electron chi connectivity index (χ4n) is 1.09. The lowest BCUT2D eigenvalue weighted by Gasteiger charge is -2.03. The topological polar surface area (TPSA) is 45.8 Å². The number of aromatic nitrogens is 2. The highest BCUT2D eigenvalue weighted by Gasteiger charge is 2.06. The third-order valence-corrected chi connectivity index (χ3v) is 1.70. The molecule has 0 aliphatic rings. The molecule has 1 aromatic heterocycles. The van der Waals surface area contributed by atoms with Gasteiger partial charge in [0.05, 0.1) is 5.69 Å². The number of aryl methyl sites for hydroxylation is 1. The van der Waals surface area contributed by atoms with E-state index in [4.69, 9.17) is 0 Å². The van der Waals surface area contributed by atoms with E-state index in [1.807, 2.05) is 6.92 Å². The van der Waals surface area contributed by atoms with Gasteiger partial charge in [-0.1, -0.05) is 6.92 Å². The Morgan fingerprint density at radius 2 is 2.38 bits per heavy atom. The second-order valence-corrected chi connectivity index (χ2v) is 2.98. The Balaban J connectivity index is 3.04. The zero-order valence-electron chi connectivity index (χ0n) is 7.80. The normalized spacial score (nSPS) is 12.8. The van der Waals surface area contributed by atoms with Crippen molar-refractivity contribution in [2.75, 3.05) is 0 Å². The maximum Gasteiger partial charge on any atom is 0.251 e. The quantitative estimate of drug-likeness (QED) is 0.777. The average molecular weight is 184 g/mol. The first-order chi connectivity index (χ1) is 6.13. The minimum absolute atomic E-state index is 0.215. The maximum atomic E-state index is 12.8. The van der Waals surface area contributed by atoms with Crippen LogP contribution in [0, 0.1) is 0 Å². The van der Waals surface area contributed by atoms with Crippen LogP contribution in [0.1, 0.15) is 38.0 Å². The largest absolute Gasteiger partial charge is 0.311 e. The Morgan fingerprint density at radius 3 is 2.92 bits per heavy atom. The van der Waals surface area contributed by atoms with E-state index in [2.05, 4.69) is 9.97 Å². The van der Waals surface area contributed by atoms with Gasteiger partial charge in [-0.2, -0.15) is 0 Å². The number of halogens is 1. The molecule has 1 aromatic rings. The first-order valence-electron chi connectivity index (χ1n) is 4.37. The van der Waals surface area contributed by atoms with E-state index in [9.17, 15) is 9.18 Å². The average Bonchev–Trinajstić information content (AvgIpc) is 2.03. The Kier molecular flexibility index (Phi) is 3.17. The summed E-state index contributed by atoms with van der Waals surface area (Å²) in [5, 5.41) is 0. The van der Waals surface area contributed by atoms with Crippen molar-refractivity contribution in [1.29, 1.82) is 0 Å². The lowest BCUT2D eigenvalue weighted by Crippen LogP contribution is -2.13. The summed E-state index contributed by atoms with van der Waals surface area (Å²) in [6, 6.07) is 1.20. The summed E-state index contributed by atoms with van der Waals surface area (Å²) in [5.74, 6) is 0.564. The Morgan fingerprint density at radius 1 is 1.69 bits per heavy atom. The van der Waals surface area contributed by atoms with Gasteiger partial charge in [-0.25, -0.2) is 9.37 Å². The van der Waals surface area contributed by atoms with Gasteiger partial charge >= 0.3 is 0 Å². The van der Waals surface area contributed by atoms with Crippen molar-refractivity contribution >= 4 is 0 Å². The third kappa shape index (κ3) is 2.65. The second kappa shape index (κ2) is 4.16. The lowest BCUT2D eigenvalue weighted by molar-refractivity contribution is 0.364. The van der Waals surface area contributed by atoms with Crippen LogP contribution in [0.4, 0.5) is 4.39 Å². The van der Waals surface area contributed by atoms with Crippen LogP contribution in [-0.4, -0.2) is 9.97 Å². The zero-order chi connectivity index (χ0) is 9.84. The molecule has 1 rings (SSSR count). The van der Waals surface area contributed by atoms with E-state index in [-0.39, 0.29) is 11.3 Å². The Bertz CT molecular complexity index is 333. The molecule has 13 heavy (non-hydrogen) atoms. The molecule has 0 bridgehead atoms. The summed E-state index contributed by atoms with van der Waals surface area (Å²) in [7, 11) is 0. The SMILES string of the molecule is CCCc1nc(C(C)F)cc(=O)[nH]1. The van der Waals surface area contributed by atoms with Crippen molar-refractivity contribution in [3.05, 3.63) is 27.9 Å². The Labute approximate surface area is 76.0 Å². The summed E-state index contributed by atoms with van der Waals surface area (Å²) < 4.78 is 12.8. The number of alkyl halides is 1. The predicted molar refractivity (Wildman–Crippen MR) is 48.4 cm³/mol. The molecular formula is C9H13FN2O. The van der Waals surface area contributed by atoms with Gasteiger partial charge in [0.2, 0.25) is 0 Å². The highest BCUT2D eigenvalue weighted by molar-refractivity contribution is 5.05. The number of nitrogens with zero attached hydrogens (tertiary/aromatic N) is 1. The van der Waals surface area contributed by atoms with E-state index in [1.165, 1.54) is 13.0 Å². The molecule has 1 unspecified atom stereocenters. The predicted octanol–water partition coefficient (Wildman–Crippen LogP) is 1.75. The highest BCUT2D eigenvalue weighted by atomic mass is 19.1. The standard InChI is InChI=1S/C9H13FN2O/c1-3-4-8-11-7(6(2)10)5-9(13)12-8/h5-6H,3-4H2,1-2H3,(H,11,12,13). The first kappa shape index (κ1) is 9.89. The summed E-state index contributed by atoms with van der Waals surface area (Å²) in [6.45, 7) is 3.35. The van der Waals surface area contributed by atoms with Gasteiger partial charge in [0.15, 0.2) is 0 Å². The van der Waals surface area contributed by atoms with Crippen LogP contribution in [0.5, 0.6) is 0 Å². The van der Waals surface area contributed by atoms with Gasteiger partial charge in [-0.15, -0.1) is 0 Å². The van der Waals surface area contributed by atoms with Crippen LogP contribution in [0.2, 0.25) is 0 Å². The summed E-state index contributed by atoms with van der Waals surface area (Å²) >= 11 is 0. The number of hydrogen-bond donors (Lipinski definition) is 1. The number of nitrogens with one attached hydrogen (secondary N) is 1. The number of hydrogen-bond acceptors (Lipinski definition) is 2. The van der Waals surface area contributed by atoms with E-state index in [0.29, 0.717) is 12.2 Å². The molecule has 0 radical (unpaired) electrons. The van der Waals surface area contributed by atoms with Crippen LogP contribution in [0.3, 0.4) is 0 Å². The van der Waals surface area contributed by atoms with Crippen molar-refractivity contribution < 1.29 is 4.39 Å². The van der Waals surface area contributed by atoms with Gasteiger partial charge in [0, 0.05) is 12.5 Å². The monoisotopic (exact) mass is 184 g/mol. The van der Waals surface area contributed by atoms with E-state index >= 15 is 0 Å². The van der Waals surface area contributed by atoms with Crippen LogP contribution in [-0.2, 0) is 6.42 Å². The molecule has 1 atom stereocenters. The lowest BCUT2D eigenvalue weighted by atomic mass is 10.2. The van der Waals surface area contributed by atoms with Crippen LogP contribution in [0.25, 0.3) is 0 Å². The molecule has 0 saturated heterocycles. The molecule has 0 amide bonds. The number of H-pyrrole nitrogens is 1. The molecule has 4 heteroatoms. The van der Waals surface area contributed by atoms with E-state index in [0.717, 1.165) is 6.42 Å². The molecule has 1 heterocycles. The molecule has 0 fully saturated rings. The minimum atomic E-state index is -1.18. The van der Waals surface area contributed by atoms with Gasteiger partial charge in [0.25, 0.3) is 5.56 Å². The zero-order valence-corrected chi connectivity index (χ0v) is 7.80. The molecule has 0 saturated carbocycles. The third-order valence-electron chi connectivity index (χ3n) is 1.70. The number of aromatic amines is 1. The molecule has 0 aliphatic carbocycles. The molecule has 0 spiro atoms. The van der Waals surface area contributed by atoms with Gasteiger partial charge in [0.1, 0.15) is 12.0 Å². The maximum absolute atomic E-state index is 12.8. The smallest absolute Gasteiger partial charge is 0.251 e. The molecule has 0 aliphatic heterocycles.